The van der Waals surface area contributed by atoms with Crippen LogP contribution in [0.2, 0.25) is 0 Å². The summed E-state index contributed by atoms with van der Waals surface area (Å²) in [5.41, 5.74) is -0.00451. The molecular formula is C22H25F2N3O2S. The van der Waals surface area contributed by atoms with Gasteiger partial charge in [0.15, 0.2) is 0 Å². The Bertz CT molecular complexity index is 900. The zero-order chi connectivity index (χ0) is 21.6. The Balaban J connectivity index is 1.66. The summed E-state index contributed by atoms with van der Waals surface area (Å²) in [5.74, 6) is -1.99. The first kappa shape index (κ1) is 22.2. The van der Waals surface area contributed by atoms with E-state index < -0.39 is 17.2 Å². The Labute approximate surface area is 179 Å². The minimum atomic E-state index is -1.06. The van der Waals surface area contributed by atoms with Gasteiger partial charge in [-0.05, 0) is 55.9 Å². The summed E-state index contributed by atoms with van der Waals surface area (Å²) in [5, 5.41) is 8.81. The third-order valence-corrected chi connectivity index (χ3v) is 5.99. The van der Waals surface area contributed by atoms with E-state index in [-0.39, 0.29) is 30.3 Å². The Morgan fingerprint density at radius 2 is 1.80 bits per heavy atom. The minimum Gasteiger partial charge on any atom is -0.350 e. The second-order valence-electron chi connectivity index (χ2n) is 7.32. The average molecular weight is 434 g/mol. The fraction of sp³-hybridized carbons (Fsp3) is 0.364. The molecule has 0 saturated carbocycles. The Morgan fingerprint density at radius 1 is 1.10 bits per heavy atom. The van der Waals surface area contributed by atoms with Crippen LogP contribution in [0.25, 0.3) is 0 Å². The predicted molar refractivity (Wildman–Crippen MR) is 113 cm³/mol. The first-order valence-corrected chi connectivity index (χ1v) is 11.0. The maximum Gasteiger partial charge on any atom is 0.246 e. The van der Waals surface area contributed by atoms with Crippen LogP contribution in [0.4, 0.5) is 8.78 Å². The highest BCUT2D eigenvalue weighted by Gasteiger charge is 2.40. The summed E-state index contributed by atoms with van der Waals surface area (Å²) in [6.45, 7) is 1.09. The summed E-state index contributed by atoms with van der Waals surface area (Å²) in [7, 11) is 0. The molecule has 160 valence electrons. The number of hydrogen-bond donors (Lipinski definition) is 3. The lowest BCUT2D eigenvalue weighted by Gasteiger charge is -2.37. The summed E-state index contributed by atoms with van der Waals surface area (Å²) in [4.78, 5) is 26.8. The van der Waals surface area contributed by atoms with E-state index >= 15 is 0 Å². The van der Waals surface area contributed by atoms with E-state index in [0.717, 1.165) is 22.6 Å². The number of carbonyl (C=O) groups is 2. The molecule has 3 rings (SSSR count). The highest BCUT2D eigenvalue weighted by molar-refractivity contribution is 7.98. The van der Waals surface area contributed by atoms with Crippen LogP contribution in [0.3, 0.4) is 0 Å². The molecule has 1 saturated heterocycles. The molecule has 0 spiro atoms. The lowest BCUT2D eigenvalue weighted by Crippen LogP contribution is -2.63. The van der Waals surface area contributed by atoms with Crippen LogP contribution in [0, 0.1) is 11.6 Å². The quantitative estimate of drug-likeness (QED) is 0.588. The fourth-order valence-electron chi connectivity index (χ4n) is 3.51. The van der Waals surface area contributed by atoms with Gasteiger partial charge in [-0.25, -0.2) is 8.78 Å². The Morgan fingerprint density at radius 3 is 2.43 bits per heavy atom. The SMILES string of the molecule is CSc1ccc(CC(=O)NC2(C(=O)NCc3ccc(F)cc3F)CCNCC2)cc1. The first-order chi connectivity index (χ1) is 14.4. The van der Waals surface area contributed by atoms with E-state index in [2.05, 4.69) is 16.0 Å². The second kappa shape index (κ2) is 10.0. The number of halogens is 2. The number of amides is 2. The fourth-order valence-corrected chi connectivity index (χ4v) is 3.92. The molecule has 0 aromatic heterocycles. The van der Waals surface area contributed by atoms with E-state index in [1.54, 1.807) is 11.8 Å². The van der Waals surface area contributed by atoms with Crippen molar-refractivity contribution in [3.8, 4) is 0 Å². The van der Waals surface area contributed by atoms with Crippen molar-refractivity contribution in [3.63, 3.8) is 0 Å². The van der Waals surface area contributed by atoms with Gasteiger partial charge in [0.25, 0.3) is 0 Å². The molecule has 0 unspecified atom stereocenters. The molecule has 0 aliphatic carbocycles. The number of hydrogen-bond acceptors (Lipinski definition) is 4. The van der Waals surface area contributed by atoms with Crippen molar-refractivity contribution < 1.29 is 18.4 Å². The number of carbonyl (C=O) groups excluding carboxylic acids is 2. The van der Waals surface area contributed by atoms with Crippen molar-refractivity contribution in [2.75, 3.05) is 19.3 Å². The molecule has 2 aromatic carbocycles. The largest absolute Gasteiger partial charge is 0.350 e. The van der Waals surface area contributed by atoms with E-state index in [9.17, 15) is 18.4 Å². The summed E-state index contributed by atoms with van der Waals surface area (Å²) >= 11 is 1.63. The van der Waals surface area contributed by atoms with Gasteiger partial charge in [-0.2, -0.15) is 0 Å². The van der Waals surface area contributed by atoms with Crippen LogP contribution in [0.1, 0.15) is 24.0 Å². The molecule has 1 aliphatic heterocycles. The third kappa shape index (κ3) is 5.58. The zero-order valence-electron chi connectivity index (χ0n) is 16.8. The van der Waals surface area contributed by atoms with Gasteiger partial charge in [-0.1, -0.05) is 18.2 Å². The van der Waals surface area contributed by atoms with Crippen LogP contribution < -0.4 is 16.0 Å². The molecule has 8 heteroatoms. The topological polar surface area (TPSA) is 70.2 Å². The Kier molecular flexibility index (Phi) is 7.44. The van der Waals surface area contributed by atoms with Crippen molar-refractivity contribution in [2.45, 2.75) is 36.2 Å². The molecular weight excluding hydrogens is 408 g/mol. The van der Waals surface area contributed by atoms with Gasteiger partial charge in [0.2, 0.25) is 11.8 Å². The highest BCUT2D eigenvalue weighted by atomic mass is 32.2. The number of piperidine rings is 1. The normalized spacial score (nSPS) is 15.4. The summed E-state index contributed by atoms with van der Waals surface area (Å²) in [6.07, 6.45) is 3.02. The zero-order valence-corrected chi connectivity index (χ0v) is 17.6. The van der Waals surface area contributed by atoms with Gasteiger partial charge in [-0.15, -0.1) is 11.8 Å². The van der Waals surface area contributed by atoms with Gasteiger partial charge in [0.1, 0.15) is 17.2 Å². The minimum absolute atomic E-state index is 0.0772. The smallest absolute Gasteiger partial charge is 0.246 e. The van der Waals surface area contributed by atoms with E-state index in [4.69, 9.17) is 0 Å². The molecule has 1 fully saturated rings. The predicted octanol–water partition coefficient (Wildman–Crippen LogP) is 2.78. The molecule has 3 N–H and O–H groups in total. The van der Waals surface area contributed by atoms with Gasteiger partial charge < -0.3 is 16.0 Å². The molecule has 1 aliphatic rings. The number of benzene rings is 2. The van der Waals surface area contributed by atoms with E-state index in [1.807, 2.05) is 30.5 Å². The van der Waals surface area contributed by atoms with Crippen LogP contribution in [-0.4, -0.2) is 36.7 Å². The molecule has 0 atom stereocenters. The summed E-state index contributed by atoms with van der Waals surface area (Å²) < 4.78 is 27.0. The third-order valence-electron chi connectivity index (χ3n) is 5.25. The van der Waals surface area contributed by atoms with Gasteiger partial charge in [0.05, 0.1) is 6.42 Å². The van der Waals surface area contributed by atoms with Crippen molar-refractivity contribution >= 4 is 23.6 Å². The monoisotopic (exact) mass is 433 g/mol. The second-order valence-corrected chi connectivity index (χ2v) is 8.20. The number of rotatable bonds is 7. The maximum atomic E-state index is 13.9. The van der Waals surface area contributed by atoms with E-state index in [0.29, 0.717) is 25.9 Å². The van der Waals surface area contributed by atoms with Gasteiger partial charge in [0, 0.05) is 23.1 Å². The lowest BCUT2D eigenvalue weighted by atomic mass is 9.86. The molecule has 2 amide bonds. The molecule has 2 aromatic rings. The number of nitrogens with one attached hydrogen (secondary N) is 3. The van der Waals surface area contributed by atoms with Crippen LogP contribution in [0.15, 0.2) is 47.4 Å². The standard InChI is InChI=1S/C22H25F2N3O2S/c1-30-18-6-2-15(3-7-18)12-20(28)27-22(8-10-25-11-9-22)21(29)26-14-16-4-5-17(23)13-19(16)24/h2-7,13,25H,8-12,14H2,1H3,(H,26,29)(H,27,28). The lowest BCUT2D eigenvalue weighted by molar-refractivity contribution is -0.134. The van der Waals surface area contributed by atoms with Crippen LogP contribution in [0.5, 0.6) is 0 Å². The first-order valence-electron chi connectivity index (χ1n) is 9.79. The van der Waals surface area contributed by atoms with Gasteiger partial charge >= 0.3 is 0 Å². The van der Waals surface area contributed by atoms with Crippen LogP contribution in [-0.2, 0) is 22.6 Å². The molecule has 0 radical (unpaired) electrons. The van der Waals surface area contributed by atoms with Crippen molar-refractivity contribution in [2.24, 2.45) is 0 Å². The van der Waals surface area contributed by atoms with Crippen molar-refractivity contribution in [1.29, 1.82) is 0 Å². The Hall–Kier alpha value is -2.45. The van der Waals surface area contributed by atoms with E-state index in [1.165, 1.54) is 6.07 Å². The highest BCUT2D eigenvalue weighted by Crippen LogP contribution is 2.21. The average Bonchev–Trinajstić information content (AvgIpc) is 2.74. The molecule has 0 bridgehead atoms. The maximum absolute atomic E-state index is 13.9. The molecule has 30 heavy (non-hydrogen) atoms. The number of thioether (sulfide) groups is 1. The summed E-state index contributed by atoms with van der Waals surface area (Å²) in [6, 6.07) is 10.9. The van der Waals surface area contributed by atoms with Crippen molar-refractivity contribution in [3.05, 3.63) is 65.2 Å². The van der Waals surface area contributed by atoms with Crippen LogP contribution >= 0.6 is 11.8 Å². The molecule has 1 heterocycles. The van der Waals surface area contributed by atoms with Crippen molar-refractivity contribution in [1.82, 2.24) is 16.0 Å². The molecule has 5 nitrogen and oxygen atoms in total. The van der Waals surface area contributed by atoms with Gasteiger partial charge in [-0.3, -0.25) is 9.59 Å².